The summed E-state index contributed by atoms with van der Waals surface area (Å²) in [6.07, 6.45) is -1.12. The highest BCUT2D eigenvalue weighted by Gasteiger charge is 2.18. The van der Waals surface area contributed by atoms with Crippen LogP contribution in [0.4, 0.5) is 13.2 Å². The number of alkyl halides is 2. The Hall–Kier alpha value is -1.03. The Morgan fingerprint density at radius 2 is 2.19 bits per heavy atom. The van der Waals surface area contributed by atoms with Gasteiger partial charge in [-0.2, -0.15) is 0 Å². The monoisotopic (exact) mass is 230 g/mol. The van der Waals surface area contributed by atoms with E-state index in [-0.39, 0.29) is 0 Å². The molecule has 1 heterocycles. The molecular weight excluding hydrogens is 217 g/mol. The highest BCUT2D eigenvalue weighted by atomic mass is 19.3. The molecule has 0 radical (unpaired) electrons. The average Bonchev–Trinajstić information content (AvgIpc) is 2.73. The molecule has 4 heteroatoms. The van der Waals surface area contributed by atoms with Crippen LogP contribution in [-0.4, -0.2) is 13.2 Å². The zero-order valence-electron chi connectivity index (χ0n) is 8.76. The van der Waals surface area contributed by atoms with Gasteiger partial charge in [-0.1, -0.05) is 6.07 Å². The van der Waals surface area contributed by atoms with Crippen molar-refractivity contribution in [3.05, 3.63) is 35.1 Å². The summed E-state index contributed by atoms with van der Waals surface area (Å²) in [6, 6.07) is 3.95. The van der Waals surface area contributed by atoms with Crippen LogP contribution in [0.25, 0.3) is 0 Å². The molecule has 0 amide bonds. The van der Waals surface area contributed by atoms with Crippen molar-refractivity contribution < 1.29 is 17.9 Å². The van der Waals surface area contributed by atoms with Crippen LogP contribution in [-0.2, 0) is 11.2 Å². The van der Waals surface area contributed by atoms with Gasteiger partial charge in [-0.05, 0) is 36.5 Å². The molecule has 1 aliphatic rings. The second-order valence-electron chi connectivity index (χ2n) is 4.09. The smallest absolute Gasteiger partial charge is 0.266 e. The lowest BCUT2D eigenvalue weighted by atomic mass is 9.97. The zero-order chi connectivity index (χ0) is 11.5. The van der Waals surface area contributed by atoms with E-state index in [9.17, 15) is 13.2 Å². The Balaban J connectivity index is 2.12. The highest BCUT2D eigenvalue weighted by molar-refractivity contribution is 5.26. The Labute approximate surface area is 92.2 Å². The number of benzene rings is 1. The molecule has 1 aromatic rings. The number of rotatable bonds is 3. The van der Waals surface area contributed by atoms with Gasteiger partial charge in [0.2, 0.25) is 0 Å². The molecule has 0 saturated carbocycles. The quantitative estimate of drug-likeness (QED) is 0.773. The first kappa shape index (κ1) is 11.5. The first-order chi connectivity index (χ1) is 7.66. The van der Waals surface area contributed by atoms with Crippen molar-refractivity contribution in [2.24, 2.45) is 5.92 Å². The van der Waals surface area contributed by atoms with Crippen LogP contribution in [0.15, 0.2) is 18.2 Å². The van der Waals surface area contributed by atoms with Crippen LogP contribution in [0.3, 0.4) is 0 Å². The maximum absolute atomic E-state index is 13.0. The molecule has 1 saturated heterocycles. The average molecular weight is 230 g/mol. The van der Waals surface area contributed by atoms with E-state index in [0.717, 1.165) is 24.7 Å². The Kier molecular flexibility index (Phi) is 3.49. The molecule has 1 atom stereocenters. The summed E-state index contributed by atoms with van der Waals surface area (Å²) in [5.74, 6) is -0.461. The third-order valence-corrected chi connectivity index (χ3v) is 2.84. The number of halogens is 3. The van der Waals surface area contributed by atoms with Crippen LogP contribution in [0, 0.1) is 11.7 Å². The second kappa shape index (κ2) is 4.87. The Morgan fingerprint density at radius 3 is 2.81 bits per heavy atom. The molecule has 1 fully saturated rings. The highest BCUT2D eigenvalue weighted by Crippen LogP contribution is 2.25. The van der Waals surface area contributed by atoms with Crippen molar-refractivity contribution in [1.82, 2.24) is 0 Å². The molecule has 2 rings (SSSR count). The van der Waals surface area contributed by atoms with E-state index in [1.54, 1.807) is 6.07 Å². The van der Waals surface area contributed by atoms with Crippen LogP contribution in [0.2, 0.25) is 0 Å². The third kappa shape index (κ3) is 2.55. The van der Waals surface area contributed by atoms with Crippen LogP contribution in [0.5, 0.6) is 0 Å². The predicted octanol–water partition coefficient (Wildman–Crippen LogP) is 3.34. The fourth-order valence-corrected chi connectivity index (χ4v) is 1.97. The predicted molar refractivity (Wildman–Crippen MR) is 54.0 cm³/mol. The molecule has 1 aromatic carbocycles. The SMILES string of the molecule is Fc1ccc(CC2CCOC2)cc1C(F)F. The van der Waals surface area contributed by atoms with Gasteiger partial charge >= 0.3 is 0 Å². The van der Waals surface area contributed by atoms with Gasteiger partial charge in [0.05, 0.1) is 5.56 Å². The maximum atomic E-state index is 13.0. The summed E-state index contributed by atoms with van der Waals surface area (Å²) in [4.78, 5) is 0. The van der Waals surface area contributed by atoms with E-state index < -0.39 is 17.8 Å². The lowest BCUT2D eigenvalue weighted by Crippen LogP contribution is -2.04. The van der Waals surface area contributed by atoms with Crippen LogP contribution >= 0.6 is 0 Å². The Bertz CT molecular complexity index is 359. The zero-order valence-corrected chi connectivity index (χ0v) is 8.76. The van der Waals surface area contributed by atoms with E-state index in [0.29, 0.717) is 18.9 Å². The van der Waals surface area contributed by atoms with Gasteiger partial charge in [0.1, 0.15) is 5.82 Å². The molecule has 0 aliphatic carbocycles. The first-order valence-corrected chi connectivity index (χ1v) is 5.31. The topological polar surface area (TPSA) is 9.23 Å². The van der Waals surface area contributed by atoms with Crippen molar-refractivity contribution in [3.63, 3.8) is 0 Å². The summed E-state index contributed by atoms with van der Waals surface area (Å²) in [5.41, 5.74) is 0.253. The van der Waals surface area contributed by atoms with Crippen molar-refractivity contribution >= 4 is 0 Å². The molecule has 0 spiro atoms. The van der Waals surface area contributed by atoms with Crippen LogP contribution < -0.4 is 0 Å². The van der Waals surface area contributed by atoms with Gasteiger partial charge in [0.25, 0.3) is 6.43 Å². The summed E-state index contributed by atoms with van der Waals surface area (Å²) in [6.45, 7) is 1.40. The van der Waals surface area contributed by atoms with E-state index >= 15 is 0 Å². The normalized spacial score (nSPS) is 20.6. The van der Waals surface area contributed by atoms with Crippen molar-refractivity contribution in [1.29, 1.82) is 0 Å². The van der Waals surface area contributed by atoms with Gasteiger partial charge in [0.15, 0.2) is 0 Å². The van der Waals surface area contributed by atoms with E-state index in [2.05, 4.69) is 0 Å². The Morgan fingerprint density at radius 1 is 1.38 bits per heavy atom. The van der Waals surface area contributed by atoms with E-state index in [4.69, 9.17) is 4.74 Å². The van der Waals surface area contributed by atoms with Crippen molar-refractivity contribution in [2.75, 3.05) is 13.2 Å². The lowest BCUT2D eigenvalue weighted by Gasteiger charge is -2.09. The summed E-state index contributed by atoms with van der Waals surface area (Å²) >= 11 is 0. The van der Waals surface area contributed by atoms with E-state index in [1.807, 2.05) is 0 Å². The standard InChI is InChI=1S/C12H13F3O/c13-11-2-1-8(6-10(11)12(14)15)5-9-3-4-16-7-9/h1-2,6,9,12H,3-5,7H2. The fraction of sp³-hybridized carbons (Fsp3) is 0.500. The van der Waals surface area contributed by atoms with Crippen molar-refractivity contribution in [3.8, 4) is 0 Å². The minimum Gasteiger partial charge on any atom is -0.381 e. The largest absolute Gasteiger partial charge is 0.381 e. The van der Waals surface area contributed by atoms with Crippen LogP contribution in [0.1, 0.15) is 24.0 Å². The summed E-state index contributed by atoms with van der Waals surface area (Å²) < 4.78 is 43.2. The maximum Gasteiger partial charge on any atom is 0.266 e. The van der Waals surface area contributed by atoms with Gasteiger partial charge in [-0.3, -0.25) is 0 Å². The molecular formula is C12H13F3O. The van der Waals surface area contributed by atoms with Gasteiger partial charge in [0, 0.05) is 13.2 Å². The molecule has 1 nitrogen and oxygen atoms in total. The molecule has 88 valence electrons. The minimum absolute atomic E-state index is 0.371. The fourth-order valence-electron chi connectivity index (χ4n) is 1.97. The lowest BCUT2D eigenvalue weighted by molar-refractivity contribution is 0.146. The van der Waals surface area contributed by atoms with Gasteiger partial charge in [-0.25, -0.2) is 13.2 Å². The number of ether oxygens (including phenoxy) is 1. The summed E-state index contributed by atoms with van der Waals surface area (Å²) in [5, 5.41) is 0. The summed E-state index contributed by atoms with van der Waals surface area (Å²) in [7, 11) is 0. The first-order valence-electron chi connectivity index (χ1n) is 5.31. The van der Waals surface area contributed by atoms with Gasteiger partial charge in [-0.15, -0.1) is 0 Å². The molecule has 16 heavy (non-hydrogen) atoms. The molecule has 1 aliphatic heterocycles. The van der Waals surface area contributed by atoms with E-state index in [1.165, 1.54) is 6.07 Å². The molecule has 0 aromatic heterocycles. The third-order valence-electron chi connectivity index (χ3n) is 2.84. The van der Waals surface area contributed by atoms with Crippen molar-refractivity contribution in [2.45, 2.75) is 19.3 Å². The number of hydrogen-bond donors (Lipinski definition) is 0. The molecule has 1 unspecified atom stereocenters. The second-order valence-corrected chi connectivity index (χ2v) is 4.09. The van der Waals surface area contributed by atoms with Gasteiger partial charge < -0.3 is 4.74 Å². The minimum atomic E-state index is -2.75. The molecule has 0 N–H and O–H groups in total. The molecule has 0 bridgehead atoms. The number of hydrogen-bond acceptors (Lipinski definition) is 1.